The van der Waals surface area contributed by atoms with Gasteiger partial charge in [-0.15, -0.1) is 0 Å². The number of hydrogen-bond donors (Lipinski definition) is 0. The lowest BCUT2D eigenvalue weighted by Gasteiger charge is -2.12. The van der Waals surface area contributed by atoms with Crippen molar-refractivity contribution in [3.8, 4) is 89.8 Å². The van der Waals surface area contributed by atoms with E-state index in [2.05, 4.69) is 96.0 Å². The Morgan fingerprint density at radius 3 is 1.49 bits per heavy atom. The van der Waals surface area contributed by atoms with Gasteiger partial charge in [0.1, 0.15) is 0 Å². The quantitative estimate of drug-likeness (QED) is 0.163. The maximum Gasteiger partial charge on any atom is 0.164 e. The van der Waals surface area contributed by atoms with Gasteiger partial charge >= 0.3 is 0 Å². The molecule has 0 bridgehead atoms. The molecule has 272 valence electrons. The van der Waals surface area contributed by atoms with Crippen LogP contribution < -0.4 is 0 Å². The van der Waals surface area contributed by atoms with Crippen LogP contribution in [0, 0.1) is 6.92 Å². The molecule has 1 aromatic heterocycles. The molecular weight excluding hydrogens is 691 g/mol. The summed E-state index contributed by atoms with van der Waals surface area (Å²) in [6, 6.07) is 43.9. The lowest BCUT2D eigenvalue weighted by atomic mass is 9.93. The van der Waals surface area contributed by atoms with Gasteiger partial charge in [0.05, 0.1) is 12.3 Å². The fraction of sp³-hybridized carbons (Fsp3) is 0.0556. The summed E-state index contributed by atoms with van der Waals surface area (Å²) in [6.07, 6.45) is 0.687. The SMILES string of the molecule is C.[2H]c1c([2H])c([2H])c(-c2nc(-c3cccc(-c4cccc5c4Cc4c(-c6cccc(-c7ccc(-c8ccccc8)cc7)c6)cccc4-5)c3)nc(-c3c([2H])c([2H])c([2H])c(C)c3[2H])n2)c([2H])c1[2H]. The monoisotopic (exact) mass is 740 g/mol. The first-order chi connectivity index (χ1) is 31.4. The zero-order chi connectivity index (χ0) is 45.3. The van der Waals surface area contributed by atoms with Crippen LogP contribution in [0.1, 0.15) is 36.5 Å². The molecular formula is C54H41N3. The Balaban J connectivity index is 0.00000548. The van der Waals surface area contributed by atoms with E-state index in [9.17, 15) is 0 Å². The summed E-state index contributed by atoms with van der Waals surface area (Å²) in [5.41, 5.74) is 13.7. The Labute approximate surface area is 347 Å². The smallest absolute Gasteiger partial charge is 0.164 e. The number of nitrogens with zero attached hydrogens (tertiary/aromatic N) is 3. The Morgan fingerprint density at radius 2 is 0.842 bits per heavy atom. The van der Waals surface area contributed by atoms with E-state index in [-0.39, 0.29) is 53.7 Å². The van der Waals surface area contributed by atoms with Gasteiger partial charge in [0.25, 0.3) is 0 Å². The number of benzene rings is 8. The molecule has 9 aromatic rings. The first-order valence-corrected chi connectivity index (χ1v) is 18.4. The van der Waals surface area contributed by atoms with Crippen LogP contribution in [-0.4, -0.2) is 15.0 Å². The van der Waals surface area contributed by atoms with Gasteiger partial charge in [-0.2, -0.15) is 0 Å². The Bertz CT molecular complexity index is 3260. The summed E-state index contributed by atoms with van der Waals surface area (Å²) in [5, 5.41) is 0. The van der Waals surface area contributed by atoms with Gasteiger partial charge in [-0.05, 0) is 98.3 Å². The lowest BCUT2D eigenvalue weighted by molar-refractivity contribution is 1.07. The molecule has 0 saturated carbocycles. The fourth-order valence-corrected chi connectivity index (χ4v) is 7.59. The minimum absolute atomic E-state index is 0. The predicted molar refractivity (Wildman–Crippen MR) is 238 cm³/mol. The summed E-state index contributed by atoms with van der Waals surface area (Å²) >= 11 is 0. The molecule has 0 unspecified atom stereocenters. The van der Waals surface area contributed by atoms with Crippen LogP contribution in [0.15, 0.2) is 194 Å². The largest absolute Gasteiger partial charge is 0.208 e. The number of hydrogen-bond acceptors (Lipinski definition) is 3. The zero-order valence-electron chi connectivity index (χ0n) is 39.3. The third-order valence-electron chi connectivity index (χ3n) is 10.3. The van der Waals surface area contributed by atoms with E-state index in [0.29, 0.717) is 12.0 Å². The third kappa shape index (κ3) is 6.85. The van der Waals surface area contributed by atoms with Crippen molar-refractivity contribution in [2.75, 3.05) is 0 Å². The van der Waals surface area contributed by atoms with Crippen molar-refractivity contribution < 1.29 is 12.3 Å². The zero-order valence-corrected chi connectivity index (χ0v) is 30.3. The van der Waals surface area contributed by atoms with E-state index >= 15 is 0 Å². The average Bonchev–Trinajstić information content (AvgIpc) is 3.74. The molecule has 10 rings (SSSR count). The van der Waals surface area contributed by atoms with Crippen LogP contribution in [-0.2, 0) is 6.42 Å². The van der Waals surface area contributed by atoms with Gasteiger partial charge in [-0.1, -0.05) is 189 Å². The van der Waals surface area contributed by atoms with Crippen molar-refractivity contribution in [1.82, 2.24) is 15.0 Å². The normalized spacial score (nSPS) is 13.6. The molecule has 1 aliphatic rings. The van der Waals surface area contributed by atoms with Gasteiger partial charge < -0.3 is 0 Å². The molecule has 1 heterocycles. The van der Waals surface area contributed by atoms with Crippen LogP contribution in [0.25, 0.3) is 89.8 Å². The maximum absolute atomic E-state index is 8.89. The van der Waals surface area contributed by atoms with Crippen LogP contribution >= 0.6 is 0 Å². The molecule has 1 aliphatic carbocycles. The van der Waals surface area contributed by atoms with E-state index < -0.39 is 42.3 Å². The molecule has 3 nitrogen and oxygen atoms in total. The summed E-state index contributed by atoms with van der Waals surface area (Å²) in [6.45, 7) is 1.51. The van der Waals surface area contributed by atoms with E-state index in [1.54, 1.807) is 6.07 Å². The second kappa shape index (κ2) is 15.1. The van der Waals surface area contributed by atoms with Gasteiger partial charge in [-0.25, -0.2) is 15.0 Å². The molecule has 3 heteroatoms. The second-order valence-electron chi connectivity index (χ2n) is 13.8. The van der Waals surface area contributed by atoms with E-state index in [1.165, 1.54) is 29.2 Å². The van der Waals surface area contributed by atoms with E-state index in [1.807, 2.05) is 42.5 Å². The van der Waals surface area contributed by atoms with Crippen LogP contribution in [0.4, 0.5) is 0 Å². The van der Waals surface area contributed by atoms with E-state index in [4.69, 9.17) is 22.3 Å². The standard InChI is InChI=1S/C53H37N3.CH4/c1-35-13-8-21-43(31-35)52-54-51(39-16-6-3-7-17-39)55-53(56-52)44-22-10-20-42(33-44)46-24-12-26-48-47-25-11-23-45(49(47)34-50(46)48)41-19-9-18-40(32-41)38-29-27-37(28-30-38)36-14-4-2-5-15-36;/h2-33H,34H2,1H3;1H4/i3D,6D,7D,8D,13D,16D,17D,21D,31D;. The molecule has 0 saturated heterocycles. The molecule has 8 aromatic carbocycles. The highest BCUT2D eigenvalue weighted by Crippen LogP contribution is 2.46. The second-order valence-corrected chi connectivity index (χ2v) is 13.8. The molecule has 0 fully saturated rings. The minimum atomic E-state index is -0.573. The maximum atomic E-state index is 8.89. The Hall–Kier alpha value is -7.23. The lowest BCUT2D eigenvalue weighted by Crippen LogP contribution is -2.00. The molecule has 0 radical (unpaired) electrons. The predicted octanol–water partition coefficient (Wildman–Crippen LogP) is 14.1. The first kappa shape index (κ1) is 26.6. The van der Waals surface area contributed by atoms with E-state index in [0.717, 1.165) is 44.5 Å². The molecule has 0 N–H and O–H groups in total. The van der Waals surface area contributed by atoms with Crippen molar-refractivity contribution in [3.05, 3.63) is 211 Å². The molecule has 0 amide bonds. The van der Waals surface area contributed by atoms with Crippen LogP contribution in [0.5, 0.6) is 0 Å². The van der Waals surface area contributed by atoms with Gasteiger partial charge in [0, 0.05) is 16.7 Å². The number of fused-ring (bicyclic) bond motifs is 3. The van der Waals surface area contributed by atoms with Crippen molar-refractivity contribution in [1.29, 1.82) is 0 Å². The van der Waals surface area contributed by atoms with Crippen LogP contribution in [0.2, 0.25) is 0 Å². The summed E-state index contributed by atoms with van der Waals surface area (Å²) in [5.74, 6) is -0.364. The molecule has 0 atom stereocenters. The van der Waals surface area contributed by atoms with Crippen molar-refractivity contribution in [2.24, 2.45) is 0 Å². The number of aromatic nitrogens is 3. The Kier molecular flexibility index (Phi) is 7.05. The highest BCUT2D eigenvalue weighted by molar-refractivity contribution is 5.90. The van der Waals surface area contributed by atoms with Crippen molar-refractivity contribution in [3.63, 3.8) is 0 Å². The van der Waals surface area contributed by atoms with Crippen molar-refractivity contribution in [2.45, 2.75) is 20.8 Å². The van der Waals surface area contributed by atoms with Crippen LogP contribution in [0.3, 0.4) is 0 Å². The molecule has 57 heavy (non-hydrogen) atoms. The first-order valence-electron chi connectivity index (χ1n) is 22.9. The molecule has 0 spiro atoms. The highest BCUT2D eigenvalue weighted by atomic mass is 15.0. The van der Waals surface area contributed by atoms with Gasteiger partial charge in [0.15, 0.2) is 17.5 Å². The van der Waals surface area contributed by atoms with Gasteiger partial charge in [-0.3, -0.25) is 0 Å². The van der Waals surface area contributed by atoms with Crippen molar-refractivity contribution >= 4 is 0 Å². The average molecular weight is 741 g/mol. The summed E-state index contributed by atoms with van der Waals surface area (Å²) < 4.78 is 76.8. The minimum Gasteiger partial charge on any atom is -0.208 e. The highest BCUT2D eigenvalue weighted by Gasteiger charge is 2.25. The number of rotatable bonds is 7. The van der Waals surface area contributed by atoms with Gasteiger partial charge in [0.2, 0.25) is 0 Å². The molecule has 0 aliphatic heterocycles. The topological polar surface area (TPSA) is 38.7 Å². The summed E-state index contributed by atoms with van der Waals surface area (Å²) in [4.78, 5) is 13.9. The fourth-order valence-electron chi connectivity index (χ4n) is 7.59. The summed E-state index contributed by atoms with van der Waals surface area (Å²) in [7, 11) is 0. The third-order valence-corrected chi connectivity index (χ3v) is 10.3. The Morgan fingerprint density at radius 1 is 0.386 bits per heavy atom.